The number of benzene rings is 1. The smallest absolute Gasteiger partial charge is 0.404 e. The van der Waals surface area contributed by atoms with E-state index in [2.05, 4.69) is 10.4 Å². The average molecular weight is 212 g/mol. The summed E-state index contributed by atoms with van der Waals surface area (Å²) in [7, 11) is -4.07. The molecule has 0 aromatic heterocycles. The SMILES string of the molecule is C#CCOP(=O)(O)Oc1ccccc1. The molecule has 0 radical (unpaired) electrons. The van der Waals surface area contributed by atoms with Gasteiger partial charge in [0.05, 0.1) is 0 Å². The second-order valence-corrected chi connectivity index (χ2v) is 3.73. The van der Waals surface area contributed by atoms with Crippen LogP contribution in [0.3, 0.4) is 0 Å². The van der Waals surface area contributed by atoms with Crippen molar-refractivity contribution in [2.75, 3.05) is 6.61 Å². The third-order valence-corrected chi connectivity index (χ3v) is 2.17. The minimum Gasteiger partial charge on any atom is -0.404 e. The number of phosphoric ester groups is 1. The molecular weight excluding hydrogens is 203 g/mol. The van der Waals surface area contributed by atoms with E-state index in [1.54, 1.807) is 30.3 Å². The molecule has 0 aliphatic carbocycles. The van der Waals surface area contributed by atoms with Gasteiger partial charge in [-0.3, -0.25) is 9.42 Å². The van der Waals surface area contributed by atoms with Gasteiger partial charge in [0.15, 0.2) is 0 Å². The number of rotatable bonds is 4. The lowest BCUT2D eigenvalue weighted by molar-refractivity contribution is 0.225. The Morgan fingerprint density at radius 3 is 2.64 bits per heavy atom. The minimum atomic E-state index is -4.07. The molecule has 1 aromatic carbocycles. The first-order valence-electron chi connectivity index (χ1n) is 3.79. The van der Waals surface area contributed by atoms with Crippen molar-refractivity contribution in [3.63, 3.8) is 0 Å². The molecule has 1 rings (SSSR count). The maximum Gasteiger partial charge on any atom is 0.528 e. The third kappa shape index (κ3) is 3.63. The zero-order chi connectivity index (χ0) is 10.4. The largest absolute Gasteiger partial charge is 0.528 e. The predicted molar refractivity (Wildman–Crippen MR) is 51.7 cm³/mol. The van der Waals surface area contributed by atoms with Gasteiger partial charge < -0.3 is 4.52 Å². The normalized spacial score (nSPS) is 14.0. The minimum absolute atomic E-state index is 0.260. The first kappa shape index (κ1) is 10.8. The van der Waals surface area contributed by atoms with E-state index in [-0.39, 0.29) is 12.4 Å². The summed E-state index contributed by atoms with van der Waals surface area (Å²) >= 11 is 0. The lowest BCUT2D eigenvalue weighted by atomic mass is 10.3. The van der Waals surface area contributed by atoms with Crippen LogP contribution in [0.1, 0.15) is 0 Å². The van der Waals surface area contributed by atoms with Crippen LogP contribution in [0.2, 0.25) is 0 Å². The zero-order valence-electron chi connectivity index (χ0n) is 7.29. The summed E-state index contributed by atoms with van der Waals surface area (Å²) in [5.74, 6) is 2.33. The van der Waals surface area contributed by atoms with Gasteiger partial charge in [-0.05, 0) is 12.1 Å². The Bertz CT molecular complexity index is 368. The Morgan fingerprint density at radius 1 is 1.43 bits per heavy atom. The molecule has 1 N–H and O–H groups in total. The third-order valence-electron chi connectivity index (χ3n) is 1.28. The van der Waals surface area contributed by atoms with Crippen LogP contribution in [0.4, 0.5) is 0 Å². The summed E-state index contributed by atoms with van der Waals surface area (Å²) in [6.45, 7) is -0.263. The van der Waals surface area contributed by atoms with Crippen LogP contribution in [0.5, 0.6) is 5.75 Å². The Morgan fingerprint density at radius 2 is 2.07 bits per heavy atom. The van der Waals surface area contributed by atoms with E-state index in [1.165, 1.54) is 0 Å². The van der Waals surface area contributed by atoms with Gasteiger partial charge in [-0.2, -0.15) is 0 Å². The standard InChI is InChI=1S/C9H9O4P/c1-2-8-12-14(10,11)13-9-6-4-3-5-7-9/h1,3-7H,8H2,(H,10,11). The van der Waals surface area contributed by atoms with E-state index in [4.69, 9.17) is 15.8 Å². The monoisotopic (exact) mass is 212 g/mol. The highest BCUT2D eigenvalue weighted by molar-refractivity contribution is 7.47. The molecule has 0 aliphatic heterocycles. The van der Waals surface area contributed by atoms with Crippen molar-refractivity contribution in [2.45, 2.75) is 0 Å². The van der Waals surface area contributed by atoms with Crippen LogP contribution in [0, 0.1) is 12.3 Å². The van der Waals surface area contributed by atoms with E-state index in [9.17, 15) is 4.57 Å². The number of hydrogen-bond donors (Lipinski definition) is 1. The van der Waals surface area contributed by atoms with E-state index >= 15 is 0 Å². The van der Waals surface area contributed by atoms with Gasteiger partial charge in [0.2, 0.25) is 0 Å². The Kier molecular flexibility index (Phi) is 3.73. The van der Waals surface area contributed by atoms with Crippen LogP contribution >= 0.6 is 7.82 Å². The molecule has 1 unspecified atom stereocenters. The van der Waals surface area contributed by atoms with Crippen molar-refractivity contribution in [1.82, 2.24) is 0 Å². The highest BCUT2D eigenvalue weighted by atomic mass is 31.2. The van der Waals surface area contributed by atoms with Crippen molar-refractivity contribution in [3.05, 3.63) is 30.3 Å². The molecule has 4 nitrogen and oxygen atoms in total. The number of terminal acetylenes is 1. The summed E-state index contributed by atoms with van der Waals surface area (Å²) < 4.78 is 20.3. The van der Waals surface area contributed by atoms with Gasteiger partial charge in [0.25, 0.3) is 0 Å². The molecule has 1 atom stereocenters. The molecule has 0 saturated carbocycles. The molecule has 0 aliphatic rings. The van der Waals surface area contributed by atoms with E-state index in [0.717, 1.165) is 0 Å². The van der Waals surface area contributed by atoms with E-state index in [0.29, 0.717) is 0 Å². The Balaban J connectivity index is 2.60. The topological polar surface area (TPSA) is 55.8 Å². The Hall–Kier alpha value is -1.27. The quantitative estimate of drug-likeness (QED) is 0.610. The second-order valence-electron chi connectivity index (χ2n) is 2.35. The number of para-hydroxylation sites is 1. The molecule has 0 amide bonds. The first-order chi connectivity index (χ1) is 6.64. The highest BCUT2D eigenvalue weighted by Gasteiger charge is 2.21. The van der Waals surface area contributed by atoms with Crippen LogP contribution in [0.25, 0.3) is 0 Å². The first-order valence-corrected chi connectivity index (χ1v) is 5.29. The molecule has 14 heavy (non-hydrogen) atoms. The zero-order valence-corrected chi connectivity index (χ0v) is 8.18. The fraction of sp³-hybridized carbons (Fsp3) is 0.111. The fourth-order valence-corrected chi connectivity index (χ4v) is 1.44. The molecular formula is C9H9O4P. The van der Waals surface area contributed by atoms with Gasteiger partial charge in [-0.1, -0.05) is 24.1 Å². The van der Waals surface area contributed by atoms with E-state index in [1.807, 2.05) is 0 Å². The van der Waals surface area contributed by atoms with Crippen molar-refractivity contribution < 1.29 is 18.5 Å². The lowest BCUT2D eigenvalue weighted by Crippen LogP contribution is -1.97. The summed E-state index contributed by atoms with van der Waals surface area (Å²) in [6, 6.07) is 8.20. The van der Waals surface area contributed by atoms with Crippen molar-refractivity contribution in [1.29, 1.82) is 0 Å². The molecule has 1 aromatic rings. The average Bonchev–Trinajstić information content (AvgIpc) is 2.16. The summed E-state index contributed by atoms with van der Waals surface area (Å²) in [4.78, 5) is 9.11. The van der Waals surface area contributed by atoms with Crippen molar-refractivity contribution >= 4 is 7.82 Å². The van der Waals surface area contributed by atoms with Gasteiger partial charge in [-0.25, -0.2) is 4.57 Å². The van der Waals surface area contributed by atoms with Gasteiger partial charge in [-0.15, -0.1) is 6.42 Å². The second kappa shape index (κ2) is 4.83. The number of hydrogen-bond acceptors (Lipinski definition) is 3. The maximum atomic E-state index is 11.2. The van der Waals surface area contributed by atoms with Crippen LogP contribution in [0.15, 0.2) is 30.3 Å². The molecule has 74 valence electrons. The maximum absolute atomic E-state index is 11.2. The van der Waals surface area contributed by atoms with Crippen molar-refractivity contribution in [3.8, 4) is 18.1 Å². The van der Waals surface area contributed by atoms with Crippen molar-refractivity contribution in [2.24, 2.45) is 0 Å². The Labute approximate surface area is 82.1 Å². The van der Waals surface area contributed by atoms with E-state index < -0.39 is 7.82 Å². The summed E-state index contributed by atoms with van der Waals surface area (Å²) in [5.41, 5.74) is 0. The van der Waals surface area contributed by atoms with Crippen LogP contribution in [-0.2, 0) is 9.09 Å². The lowest BCUT2D eigenvalue weighted by Gasteiger charge is -2.10. The molecule has 0 bridgehead atoms. The predicted octanol–water partition coefficient (Wildman–Crippen LogP) is 1.82. The molecule has 0 fully saturated rings. The molecule has 0 saturated heterocycles. The highest BCUT2D eigenvalue weighted by Crippen LogP contribution is 2.43. The van der Waals surface area contributed by atoms with Gasteiger partial charge in [0, 0.05) is 0 Å². The summed E-state index contributed by atoms with van der Waals surface area (Å²) in [6.07, 6.45) is 4.87. The number of phosphoric acid groups is 1. The fourth-order valence-electron chi connectivity index (χ4n) is 0.760. The van der Waals surface area contributed by atoms with Gasteiger partial charge >= 0.3 is 7.82 Å². The van der Waals surface area contributed by atoms with Crippen LogP contribution in [-0.4, -0.2) is 11.5 Å². The molecule has 0 spiro atoms. The summed E-state index contributed by atoms with van der Waals surface area (Å²) in [5, 5.41) is 0. The molecule has 5 heteroatoms. The molecule has 0 heterocycles. The van der Waals surface area contributed by atoms with Crippen LogP contribution < -0.4 is 4.52 Å². The van der Waals surface area contributed by atoms with Gasteiger partial charge in [0.1, 0.15) is 12.4 Å².